The van der Waals surface area contributed by atoms with Crippen molar-refractivity contribution in [1.29, 1.82) is 0 Å². The van der Waals surface area contributed by atoms with Gasteiger partial charge in [-0.25, -0.2) is 0 Å². The number of hydrogen-bond donors (Lipinski definition) is 8. The van der Waals surface area contributed by atoms with Crippen LogP contribution in [-0.2, 0) is 78.6 Å². The average Bonchev–Trinajstić information content (AvgIpc) is 3.28. The van der Waals surface area contributed by atoms with Crippen molar-refractivity contribution in [3.8, 4) is 22.5 Å². The molecule has 0 spiro atoms. The van der Waals surface area contributed by atoms with Crippen molar-refractivity contribution >= 4 is 100 Å². The first-order valence-electron chi connectivity index (χ1n) is 20.6. The molecule has 5 aromatic rings. The van der Waals surface area contributed by atoms with Crippen LogP contribution >= 0.6 is 0 Å². The highest BCUT2D eigenvalue weighted by Gasteiger charge is 2.34. The Labute approximate surface area is 420 Å². The summed E-state index contributed by atoms with van der Waals surface area (Å²) in [6.45, 7) is -1.87. The van der Waals surface area contributed by atoms with Crippen molar-refractivity contribution in [2.75, 3.05) is 18.9 Å². The topological polar surface area (TPSA) is 421 Å². The highest BCUT2D eigenvalue weighted by atomic mass is 32.2. The number of rotatable bonds is 17. The Morgan fingerprint density at radius 3 is 1.70 bits per heavy atom. The molecule has 0 saturated carbocycles. The quantitative estimate of drug-likeness (QED) is 0.0460. The van der Waals surface area contributed by atoms with Gasteiger partial charge in [-0.2, -0.15) is 50.5 Å². The van der Waals surface area contributed by atoms with Crippen molar-refractivity contribution in [3.63, 3.8) is 0 Å². The van der Waals surface area contributed by atoms with Crippen LogP contribution in [0.25, 0.3) is 44.2 Å². The summed E-state index contributed by atoms with van der Waals surface area (Å²) in [5, 5.41) is 11.6. The Morgan fingerprint density at radius 2 is 1.16 bits per heavy atom. The fourth-order valence-electron chi connectivity index (χ4n) is 7.92. The molecule has 0 bridgehead atoms. The monoisotopic (exact) mass is 1140 g/mol. The molecule has 74 heavy (non-hydrogen) atoms. The van der Waals surface area contributed by atoms with Gasteiger partial charge in [0.15, 0.2) is 21.1 Å². The lowest BCUT2D eigenvalue weighted by molar-refractivity contribution is -0.137. The minimum Gasteiger partial charge on any atom is -0.481 e. The molecular weight excluding hydrogens is 1100 g/mol. The maximum Gasteiger partial charge on any atom is 0.303 e. The molecule has 31 heteroatoms. The summed E-state index contributed by atoms with van der Waals surface area (Å²) in [6, 6.07) is 17.5. The zero-order chi connectivity index (χ0) is 54.7. The van der Waals surface area contributed by atoms with E-state index in [0.717, 1.165) is 48.5 Å². The smallest absolute Gasteiger partial charge is 0.303 e. The second-order valence-corrected chi connectivity index (χ2v) is 24.5. The number of fused-ring (bicyclic) bond motifs is 3. The summed E-state index contributed by atoms with van der Waals surface area (Å²) in [6.07, 6.45) is -0.348. The third-order valence-electron chi connectivity index (χ3n) is 11.2. The zero-order valence-electron chi connectivity index (χ0n) is 37.4. The van der Waals surface area contributed by atoms with Crippen molar-refractivity contribution in [3.05, 3.63) is 119 Å². The van der Waals surface area contributed by atoms with Gasteiger partial charge in [0.2, 0.25) is 0 Å². The highest BCUT2D eigenvalue weighted by Crippen LogP contribution is 2.47. The third kappa shape index (κ3) is 11.6. The minimum atomic E-state index is -5.69. The maximum absolute atomic E-state index is 14.5. The number of nitrogens with zero attached hydrogens (tertiary/aromatic N) is 2. The van der Waals surface area contributed by atoms with Crippen LogP contribution in [0, 0.1) is 0 Å². The van der Waals surface area contributed by atoms with Crippen LogP contribution in [0.2, 0.25) is 0 Å². The molecular formula is C43H37N3O22S6. The zero-order valence-corrected chi connectivity index (χ0v) is 42.3. The van der Waals surface area contributed by atoms with E-state index >= 15 is 0 Å². The van der Waals surface area contributed by atoms with E-state index in [1.807, 2.05) is 0 Å². The molecule has 8 N–H and O–H groups in total. The molecule has 25 nitrogen and oxygen atoms in total. The SMILES string of the molecule is CN(CCCC(=O)O)C(=O)c1cc2ccccc2cc1-c1c2ccc(=NCc3ccc(S(=O)(=O)O)cc3S(=O)(=O)O)c(S(=O)(=O)O)c-2oc2c(S(=O)(=O)O)c(NCc3ccc(S(=O)(=O)O)cc3S(=O)(=O)O)ccc12. The molecule has 0 aromatic heterocycles. The van der Waals surface area contributed by atoms with Gasteiger partial charge in [-0.1, -0.05) is 36.4 Å². The highest BCUT2D eigenvalue weighted by molar-refractivity contribution is 7.87. The number of amides is 1. The number of carboxylic acid groups (broad SMARTS) is 1. The normalized spacial score (nSPS) is 13.1. The number of nitrogens with one attached hydrogen (secondary N) is 1. The van der Waals surface area contributed by atoms with Gasteiger partial charge in [0.1, 0.15) is 9.79 Å². The minimum absolute atomic E-state index is 0.0130. The van der Waals surface area contributed by atoms with Gasteiger partial charge in [-0.15, -0.1) is 0 Å². The fourth-order valence-corrected chi connectivity index (χ4v) is 12.2. The van der Waals surface area contributed by atoms with Gasteiger partial charge in [0, 0.05) is 48.6 Å². The molecule has 1 heterocycles. The molecule has 1 aliphatic heterocycles. The van der Waals surface area contributed by atoms with E-state index in [1.54, 1.807) is 24.3 Å². The summed E-state index contributed by atoms with van der Waals surface area (Å²) in [7, 11) is -30.7. The molecule has 0 unspecified atom stereocenters. The molecule has 0 radical (unpaired) electrons. The van der Waals surface area contributed by atoms with E-state index in [9.17, 15) is 92.5 Å². The van der Waals surface area contributed by atoms with Gasteiger partial charge >= 0.3 is 5.97 Å². The summed E-state index contributed by atoms with van der Waals surface area (Å²) in [5.41, 5.74) is -3.34. The third-order valence-corrected chi connectivity index (χ3v) is 16.6. The van der Waals surface area contributed by atoms with E-state index in [-0.39, 0.29) is 47.0 Å². The van der Waals surface area contributed by atoms with E-state index in [0.29, 0.717) is 22.9 Å². The first-order valence-corrected chi connectivity index (χ1v) is 29.2. The Morgan fingerprint density at radius 1 is 0.608 bits per heavy atom. The van der Waals surface area contributed by atoms with E-state index in [1.165, 1.54) is 24.1 Å². The second kappa shape index (κ2) is 19.8. The van der Waals surface area contributed by atoms with E-state index in [2.05, 4.69) is 10.3 Å². The number of hydrogen-bond acceptors (Lipinski definition) is 17. The van der Waals surface area contributed by atoms with Crippen LogP contribution in [0.1, 0.15) is 34.3 Å². The molecule has 1 aliphatic carbocycles. The Hall–Kier alpha value is -6.75. The van der Waals surface area contributed by atoms with Gasteiger partial charge in [-0.3, -0.25) is 41.9 Å². The first-order chi connectivity index (χ1) is 34.2. The lowest BCUT2D eigenvalue weighted by Gasteiger charge is -2.23. The molecule has 0 saturated heterocycles. The van der Waals surface area contributed by atoms with Gasteiger partial charge in [-0.05, 0) is 94.5 Å². The molecule has 7 rings (SSSR count). The summed E-state index contributed by atoms with van der Waals surface area (Å²) in [5.74, 6) is -2.86. The number of carboxylic acids is 1. The summed E-state index contributed by atoms with van der Waals surface area (Å²) < 4.78 is 218. The molecule has 5 aromatic carbocycles. The van der Waals surface area contributed by atoms with E-state index < -0.39 is 149 Å². The van der Waals surface area contributed by atoms with Crippen molar-refractivity contribution in [2.24, 2.45) is 4.99 Å². The lowest BCUT2D eigenvalue weighted by Crippen LogP contribution is -2.28. The van der Waals surface area contributed by atoms with Gasteiger partial charge in [0.05, 0.1) is 27.4 Å². The molecule has 1 amide bonds. The number of anilines is 1. The molecule has 0 fully saturated rings. The lowest BCUT2D eigenvalue weighted by atomic mass is 9.88. The number of aliphatic carboxylic acids is 1. The summed E-state index contributed by atoms with van der Waals surface area (Å²) in [4.78, 5) is 24.5. The Balaban J connectivity index is 1.60. The number of carbonyl (C=O) groups is 2. The number of benzene rings is 6. The molecule has 392 valence electrons. The van der Waals surface area contributed by atoms with Crippen LogP contribution in [0.4, 0.5) is 5.69 Å². The van der Waals surface area contributed by atoms with Gasteiger partial charge < -0.3 is 19.7 Å². The maximum atomic E-state index is 14.5. The van der Waals surface area contributed by atoms with Crippen molar-refractivity contribution in [2.45, 2.75) is 55.3 Å². The van der Waals surface area contributed by atoms with Crippen LogP contribution in [-0.4, -0.2) is 113 Å². The van der Waals surface area contributed by atoms with Crippen molar-refractivity contribution < 1.29 is 96.9 Å². The van der Waals surface area contributed by atoms with Crippen LogP contribution < -0.4 is 10.7 Å². The first kappa shape index (κ1) is 55.0. The fraction of sp³-hybridized carbons (Fsp3) is 0.140. The molecule has 2 aliphatic rings. The predicted octanol–water partition coefficient (Wildman–Crippen LogP) is 4.49. The van der Waals surface area contributed by atoms with Crippen LogP contribution in [0.15, 0.2) is 136 Å². The van der Waals surface area contributed by atoms with Crippen LogP contribution in [0.5, 0.6) is 0 Å². The summed E-state index contributed by atoms with van der Waals surface area (Å²) >= 11 is 0. The largest absolute Gasteiger partial charge is 0.481 e. The average molecular weight is 1140 g/mol. The molecule has 0 atom stereocenters. The Kier molecular flexibility index (Phi) is 14.7. The standard InChI is InChI=1S/C43H37N3O22S6/c1-46(16-4-7-37(47)48)43(49)32-18-24-6-3-2-5-23(24)17-31(32)38-29-12-14-33(44-21-25-8-10-27(69(50,51)52)19-35(25)71(56,57)58)41(73(62,63)64)39(29)68-40-30(38)13-15-34(42(40)74(65,66)67)45-22-26-9-11-28(70(53,54)55)20-36(26)72(59,60)61/h2-3,5-6,8-15,17-20,44H,4,7,16,21-22H2,1H3,(H,47,48)(H,50,51,52)(H,53,54,55)(H,56,57,58)(H,59,60,61)(H,62,63,64)(H,65,66,67). The Bertz CT molecular complexity index is 4270. The van der Waals surface area contributed by atoms with Crippen LogP contribution in [0.3, 0.4) is 0 Å². The number of carbonyl (C=O) groups excluding carboxylic acids is 1. The van der Waals surface area contributed by atoms with Gasteiger partial charge in [0.25, 0.3) is 66.6 Å². The van der Waals surface area contributed by atoms with Crippen molar-refractivity contribution in [1.82, 2.24) is 4.90 Å². The second-order valence-electron chi connectivity index (χ2n) is 16.1. The predicted molar refractivity (Wildman–Crippen MR) is 258 cm³/mol. The van der Waals surface area contributed by atoms with E-state index in [4.69, 9.17) is 4.42 Å².